The molecule has 1 radical (unpaired) electrons. The average molecular weight is 326 g/mol. The minimum absolute atomic E-state index is 0.170. The van der Waals surface area contributed by atoms with Gasteiger partial charge in [-0.3, -0.25) is 9.36 Å². The van der Waals surface area contributed by atoms with Crippen molar-refractivity contribution in [1.82, 2.24) is 13.5 Å². The van der Waals surface area contributed by atoms with E-state index in [0.717, 1.165) is 11.7 Å². The summed E-state index contributed by atoms with van der Waals surface area (Å²) in [6.45, 7) is 0. The maximum Gasteiger partial charge on any atom is 0.431 e. The van der Waals surface area contributed by atoms with Crippen molar-refractivity contribution in [2.75, 3.05) is 0 Å². The molecule has 0 fully saturated rings. The van der Waals surface area contributed by atoms with E-state index in [9.17, 15) is 22.8 Å². The van der Waals surface area contributed by atoms with Crippen molar-refractivity contribution in [3.8, 4) is 5.69 Å². The van der Waals surface area contributed by atoms with Gasteiger partial charge in [0.2, 0.25) is 0 Å². The molecule has 0 spiro atoms. The SMILES string of the molecule is Cn1c(C(F)(F)F)cc(=O)n(-c2ccc3sn[c]c3c2)c1=O. The summed E-state index contributed by atoms with van der Waals surface area (Å²) in [5, 5.41) is 0.580. The van der Waals surface area contributed by atoms with Crippen molar-refractivity contribution in [2.24, 2.45) is 7.05 Å². The first-order chi connectivity index (χ1) is 10.3. The fraction of sp³-hybridized carbons (Fsp3) is 0.154. The third-order valence-corrected chi connectivity index (χ3v) is 3.88. The van der Waals surface area contributed by atoms with E-state index in [1.807, 2.05) is 0 Å². The Labute approximate surface area is 125 Å². The summed E-state index contributed by atoms with van der Waals surface area (Å²) in [7, 11) is 0.970. The predicted octanol–water partition coefficient (Wildman–Crippen LogP) is 1.96. The summed E-state index contributed by atoms with van der Waals surface area (Å²) in [4.78, 5) is 24.1. The standard InChI is InChI=1S/C13H7F3N3O2S/c1-18-10(13(14,15)16)5-11(20)19(12(18)21)8-2-3-9-7(4-8)6-17-22-9/h2-5H,1H3. The van der Waals surface area contributed by atoms with Gasteiger partial charge < -0.3 is 0 Å². The summed E-state index contributed by atoms with van der Waals surface area (Å²) < 4.78 is 44.1. The van der Waals surface area contributed by atoms with Crippen molar-refractivity contribution in [1.29, 1.82) is 0 Å². The first-order valence-electron chi connectivity index (χ1n) is 5.97. The number of aromatic nitrogens is 3. The molecule has 0 aliphatic heterocycles. The molecule has 0 N–H and O–H groups in total. The Morgan fingerprint density at radius 1 is 1.23 bits per heavy atom. The van der Waals surface area contributed by atoms with Crippen molar-refractivity contribution >= 4 is 21.6 Å². The summed E-state index contributed by atoms with van der Waals surface area (Å²) in [5.41, 5.74) is -3.23. The third-order valence-electron chi connectivity index (χ3n) is 3.14. The van der Waals surface area contributed by atoms with Crippen molar-refractivity contribution in [3.05, 3.63) is 57.0 Å². The number of nitrogens with zero attached hydrogens (tertiary/aromatic N) is 3. The quantitative estimate of drug-likeness (QED) is 0.687. The number of fused-ring (bicyclic) bond motifs is 1. The van der Waals surface area contributed by atoms with Crippen LogP contribution in [0.15, 0.2) is 33.9 Å². The Morgan fingerprint density at radius 3 is 2.64 bits per heavy atom. The topological polar surface area (TPSA) is 56.9 Å². The molecular formula is C13H7F3N3O2S. The van der Waals surface area contributed by atoms with Gasteiger partial charge >= 0.3 is 11.9 Å². The van der Waals surface area contributed by atoms with E-state index in [1.165, 1.54) is 23.7 Å². The monoisotopic (exact) mass is 326 g/mol. The van der Waals surface area contributed by atoms with Gasteiger partial charge in [-0.25, -0.2) is 9.36 Å². The summed E-state index contributed by atoms with van der Waals surface area (Å²) in [6.07, 6.45) is -2.09. The molecule has 2 aromatic heterocycles. The lowest BCUT2D eigenvalue weighted by Gasteiger charge is -2.13. The lowest BCUT2D eigenvalue weighted by atomic mass is 10.2. The third kappa shape index (κ3) is 2.23. The van der Waals surface area contributed by atoms with Crippen LogP contribution in [0.1, 0.15) is 5.69 Å². The molecule has 22 heavy (non-hydrogen) atoms. The van der Waals surface area contributed by atoms with Crippen LogP contribution < -0.4 is 11.2 Å². The van der Waals surface area contributed by atoms with Gasteiger partial charge in [0.15, 0.2) is 0 Å². The van der Waals surface area contributed by atoms with Gasteiger partial charge in [-0.1, -0.05) is 0 Å². The Hall–Kier alpha value is -2.42. The number of hydrogen-bond acceptors (Lipinski definition) is 4. The lowest BCUT2D eigenvalue weighted by Crippen LogP contribution is -2.40. The molecule has 0 aliphatic rings. The van der Waals surface area contributed by atoms with Crippen molar-refractivity contribution < 1.29 is 13.2 Å². The highest BCUT2D eigenvalue weighted by molar-refractivity contribution is 7.13. The van der Waals surface area contributed by atoms with Crippen molar-refractivity contribution in [3.63, 3.8) is 0 Å². The van der Waals surface area contributed by atoms with Gasteiger partial charge in [-0.15, -0.1) is 0 Å². The second kappa shape index (κ2) is 4.80. The molecule has 9 heteroatoms. The van der Waals surface area contributed by atoms with Crippen LogP contribution in [-0.2, 0) is 13.2 Å². The molecule has 1 aromatic carbocycles. The number of hydrogen-bond donors (Lipinski definition) is 0. The van der Waals surface area contributed by atoms with E-state index >= 15 is 0 Å². The Kier molecular flexibility index (Phi) is 3.17. The molecule has 0 atom stereocenters. The highest BCUT2D eigenvalue weighted by Gasteiger charge is 2.35. The van der Waals surface area contributed by atoms with Crippen LogP contribution in [0.5, 0.6) is 0 Å². The Bertz CT molecular complexity index is 985. The van der Waals surface area contributed by atoms with E-state index in [4.69, 9.17) is 0 Å². The molecule has 5 nitrogen and oxygen atoms in total. The molecule has 0 aliphatic carbocycles. The molecular weight excluding hydrogens is 319 g/mol. The fourth-order valence-corrected chi connectivity index (χ4v) is 2.65. The highest BCUT2D eigenvalue weighted by atomic mass is 32.1. The van der Waals surface area contributed by atoms with Crippen LogP contribution >= 0.6 is 11.5 Å². The van der Waals surface area contributed by atoms with Crippen LogP contribution in [-0.4, -0.2) is 13.5 Å². The highest BCUT2D eigenvalue weighted by Crippen LogP contribution is 2.27. The molecule has 3 aromatic rings. The largest absolute Gasteiger partial charge is 0.431 e. The fourth-order valence-electron chi connectivity index (χ4n) is 2.08. The summed E-state index contributed by atoms with van der Waals surface area (Å²) in [5.74, 6) is 0. The zero-order chi connectivity index (χ0) is 16.1. The number of halogens is 3. The Balaban J connectivity index is 2.30. The first kappa shape index (κ1) is 14.5. The van der Waals surface area contributed by atoms with Crippen LogP contribution in [0, 0.1) is 6.20 Å². The zero-order valence-electron chi connectivity index (χ0n) is 11.0. The second-order valence-corrected chi connectivity index (χ2v) is 5.32. The zero-order valence-corrected chi connectivity index (χ0v) is 11.8. The molecule has 0 amide bonds. The molecule has 2 heterocycles. The van der Waals surface area contributed by atoms with Gasteiger partial charge in [-0.05, 0) is 29.7 Å². The lowest BCUT2D eigenvalue weighted by molar-refractivity contribution is -0.144. The summed E-state index contributed by atoms with van der Waals surface area (Å²) in [6, 6.07) is 4.99. The predicted molar refractivity (Wildman–Crippen MR) is 74.3 cm³/mol. The smallest absolute Gasteiger partial charge is 0.292 e. The maximum atomic E-state index is 12.8. The maximum absolute atomic E-state index is 12.8. The van der Waals surface area contributed by atoms with Gasteiger partial charge in [0, 0.05) is 18.5 Å². The molecule has 0 unspecified atom stereocenters. The van der Waals surface area contributed by atoms with E-state index in [2.05, 4.69) is 10.6 Å². The molecule has 3 rings (SSSR count). The molecule has 0 bridgehead atoms. The Morgan fingerprint density at radius 2 is 1.95 bits per heavy atom. The molecule has 0 saturated carbocycles. The molecule has 113 valence electrons. The summed E-state index contributed by atoms with van der Waals surface area (Å²) >= 11 is 1.18. The number of rotatable bonds is 1. The van der Waals surface area contributed by atoms with Crippen LogP contribution in [0.4, 0.5) is 13.2 Å². The average Bonchev–Trinajstić information content (AvgIpc) is 2.89. The van der Waals surface area contributed by atoms with Crippen LogP contribution in [0.25, 0.3) is 15.8 Å². The van der Waals surface area contributed by atoms with Gasteiger partial charge in [-0.2, -0.15) is 17.5 Å². The van der Waals surface area contributed by atoms with Crippen LogP contribution in [0.3, 0.4) is 0 Å². The number of benzene rings is 1. The van der Waals surface area contributed by atoms with E-state index < -0.39 is 23.1 Å². The van der Waals surface area contributed by atoms with E-state index in [1.54, 1.807) is 6.07 Å². The minimum Gasteiger partial charge on any atom is -0.292 e. The minimum atomic E-state index is -4.78. The molecule has 0 saturated heterocycles. The van der Waals surface area contributed by atoms with E-state index in [-0.39, 0.29) is 5.69 Å². The van der Waals surface area contributed by atoms with Gasteiger partial charge in [0.05, 0.1) is 10.4 Å². The van der Waals surface area contributed by atoms with Crippen LogP contribution in [0.2, 0.25) is 0 Å². The van der Waals surface area contributed by atoms with E-state index in [0.29, 0.717) is 20.6 Å². The van der Waals surface area contributed by atoms with Crippen molar-refractivity contribution in [2.45, 2.75) is 6.18 Å². The first-order valence-corrected chi connectivity index (χ1v) is 6.74. The number of alkyl halides is 3. The van der Waals surface area contributed by atoms with Gasteiger partial charge in [0.1, 0.15) is 11.9 Å². The normalized spacial score (nSPS) is 12.0. The van der Waals surface area contributed by atoms with Gasteiger partial charge in [0.25, 0.3) is 5.56 Å². The second-order valence-electron chi connectivity index (χ2n) is 4.52.